The largest absolute Gasteiger partial charge is 0.359 e. The van der Waals surface area contributed by atoms with Crippen LogP contribution in [-0.4, -0.2) is 17.5 Å². The van der Waals surface area contributed by atoms with Crippen molar-refractivity contribution in [2.75, 3.05) is 7.05 Å². The lowest BCUT2D eigenvalue weighted by molar-refractivity contribution is -0.120. The molecule has 0 unspecified atom stereocenters. The van der Waals surface area contributed by atoms with Crippen molar-refractivity contribution < 1.29 is 4.79 Å². The van der Waals surface area contributed by atoms with Crippen molar-refractivity contribution in [3.05, 3.63) is 70.3 Å². The van der Waals surface area contributed by atoms with Crippen LogP contribution in [0.5, 0.6) is 0 Å². The van der Waals surface area contributed by atoms with Gasteiger partial charge in [-0.15, -0.1) is 0 Å². The SMILES string of the molecule is CNC(=O)CCn1cc(CNCc2ccc(Br)cc2)c2ccccc21. The minimum absolute atomic E-state index is 0.0627. The van der Waals surface area contributed by atoms with Crippen LogP contribution in [0.25, 0.3) is 10.9 Å². The minimum Gasteiger partial charge on any atom is -0.359 e. The number of nitrogens with one attached hydrogen (secondary N) is 2. The highest BCUT2D eigenvalue weighted by molar-refractivity contribution is 9.10. The Balaban J connectivity index is 1.70. The van der Waals surface area contributed by atoms with Gasteiger partial charge in [0, 0.05) is 54.7 Å². The molecule has 0 fully saturated rings. The molecule has 0 bridgehead atoms. The standard InChI is InChI=1S/C20H22BrN3O/c1-22-20(25)10-11-24-14-16(18-4-2-3-5-19(18)24)13-23-12-15-6-8-17(21)9-7-15/h2-9,14,23H,10-13H2,1H3,(H,22,25). The van der Waals surface area contributed by atoms with Gasteiger partial charge in [-0.2, -0.15) is 0 Å². The molecule has 0 atom stereocenters. The molecule has 0 aliphatic heterocycles. The van der Waals surface area contributed by atoms with Gasteiger partial charge in [-0.25, -0.2) is 0 Å². The number of rotatable bonds is 7. The zero-order chi connectivity index (χ0) is 17.6. The third-order valence-corrected chi connectivity index (χ3v) is 4.82. The maximum atomic E-state index is 11.5. The number of amides is 1. The minimum atomic E-state index is 0.0627. The van der Waals surface area contributed by atoms with Crippen molar-refractivity contribution in [3.8, 4) is 0 Å². The van der Waals surface area contributed by atoms with E-state index >= 15 is 0 Å². The van der Waals surface area contributed by atoms with Crippen LogP contribution in [0.3, 0.4) is 0 Å². The van der Waals surface area contributed by atoms with E-state index in [0.717, 1.165) is 17.6 Å². The molecule has 1 amide bonds. The van der Waals surface area contributed by atoms with Crippen molar-refractivity contribution >= 4 is 32.7 Å². The molecule has 1 aromatic heterocycles. The Morgan fingerprint density at radius 1 is 1.08 bits per heavy atom. The number of aromatic nitrogens is 1. The van der Waals surface area contributed by atoms with Crippen LogP contribution in [0, 0.1) is 0 Å². The lowest BCUT2D eigenvalue weighted by Gasteiger charge is -2.05. The number of carbonyl (C=O) groups excluding carboxylic acids is 1. The number of hydrogen-bond acceptors (Lipinski definition) is 2. The topological polar surface area (TPSA) is 46.1 Å². The van der Waals surface area contributed by atoms with Crippen LogP contribution in [0.15, 0.2) is 59.2 Å². The van der Waals surface area contributed by atoms with E-state index in [1.165, 1.54) is 22.0 Å². The number of nitrogens with zero attached hydrogens (tertiary/aromatic N) is 1. The van der Waals surface area contributed by atoms with Crippen LogP contribution in [0.1, 0.15) is 17.5 Å². The Labute approximate surface area is 156 Å². The summed E-state index contributed by atoms with van der Waals surface area (Å²) < 4.78 is 3.26. The van der Waals surface area contributed by atoms with Crippen molar-refractivity contribution in [3.63, 3.8) is 0 Å². The van der Waals surface area contributed by atoms with E-state index in [1.54, 1.807) is 7.05 Å². The Bertz CT molecular complexity index is 855. The zero-order valence-electron chi connectivity index (χ0n) is 14.3. The predicted molar refractivity (Wildman–Crippen MR) is 105 cm³/mol. The molecule has 3 aromatic rings. The molecule has 0 saturated heterocycles. The van der Waals surface area contributed by atoms with Gasteiger partial charge >= 0.3 is 0 Å². The molecule has 0 spiro atoms. The molecule has 0 aliphatic carbocycles. The van der Waals surface area contributed by atoms with E-state index in [0.29, 0.717) is 13.0 Å². The number of aryl methyl sites for hydroxylation is 1. The highest BCUT2D eigenvalue weighted by Gasteiger charge is 2.09. The Hall–Kier alpha value is -2.11. The van der Waals surface area contributed by atoms with Crippen molar-refractivity contribution in [1.82, 2.24) is 15.2 Å². The molecule has 0 aliphatic rings. The van der Waals surface area contributed by atoms with Crippen LogP contribution < -0.4 is 10.6 Å². The zero-order valence-corrected chi connectivity index (χ0v) is 15.8. The molecular weight excluding hydrogens is 378 g/mol. The lowest BCUT2D eigenvalue weighted by Crippen LogP contribution is -2.19. The third kappa shape index (κ3) is 4.50. The Morgan fingerprint density at radius 3 is 2.60 bits per heavy atom. The van der Waals surface area contributed by atoms with Gasteiger partial charge in [0.25, 0.3) is 0 Å². The quantitative estimate of drug-likeness (QED) is 0.633. The summed E-state index contributed by atoms with van der Waals surface area (Å²) in [5.74, 6) is 0.0627. The smallest absolute Gasteiger partial charge is 0.221 e. The molecule has 5 heteroatoms. The third-order valence-electron chi connectivity index (χ3n) is 4.29. The highest BCUT2D eigenvalue weighted by Crippen LogP contribution is 2.22. The van der Waals surface area contributed by atoms with Crippen LogP contribution in [0.2, 0.25) is 0 Å². The highest BCUT2D eigenvalue weighted by atomic mass is 79.9. The summed E-state index contributed by atoms with van der Waals surface area (Å²) in [5, 5.41) is 7.43. The van der Waals surface area contributed by atoms with Crippen LogP contribution >= 0.6 is 15.9 Å². The normalized spacial score (nSPS) is 11.0. The predicted octanol–water partition coefficient (Wildman–Crippen LogP) is 3.83. The Kier molecular flexibility index (Phi) is 5.89. The molecule has 25 heavy (non-hydrogen) atoms. The van der Waals surface area contributed by atoms with E-state index in [-0.39, 0.29) is 5.91 Å². The molecule has 2 N–H and O–H groups in total. The van der Waals surface area contributed by atoms with E-state index in [4.69, 9.17) is 0 Å². The maximum Gasteiger partial charge on any atom is 0.221 e. The molecule has 130 valence electrons. The first kappa shape index (κ1) is 17.7. The summed E-state index contributed by atoms with van der Waals surface area (Å²) in [6.07, 6.45) is 2.64. The van der Waals surface area contributed by atoms with Crippen molar-refractivity contribution in [2.24, 2.45) is 0 Å². The summed E-state index contributed by atoms with van der Waals surface area (Å²) in [5.41, 5.74) is 3.68. The number of hydrogen-bond donors (Lipinski definition) is 2. The van der Waals surface area contributed by atoms with Crippen LogP contribution in [-0.2, 0) is 24.4 Å². The molecule has 1 heterocycles. The molecular formula is C20H22BrN3O. The van der Waals surface area contributed by atoms with Crippen LogP contribution in [0.4, 0.5) is 0 Å². The van der Waals surface area contributed by atoms with Gasteiger partial charge in [-0.1, -0.05) is 46.3 Å². The number of fused-ring (bicyclic) bond motifs is 1. The second-order valence-corrected chi connectivity index (χ2v) is 6.93. The first-order valence-electron chi connectivity index (χ1n) is 8.40. The number of benzene rings is 2. The van der Waals surface area contributed by atoms with Gasteiger partial charge < -0.3 is 15.2 Å². The van der Waals surface area contributed by atoms with Crippen molar-refractivity contribution in [1.29, 1.82) is 0 Å². The second-order valence-electron chi connectivity index (χ2n) is 6.02. The second kappa shape index (κ2) is 8.32. The first-order chi connectivity index (χ1) is 12.2. The maximum absolute atomic E-state index is 11.5. The van der Waals surface area contributed by atoms with E-state index in [1.807, 2.05) is 6.07 Å². The average molecular weight is 400 g/mol. The number of para-hydroxylation sites is 1. The summed E-state index contributed by atoms with van der Waals surface area (Å²) in [4.78, 5) is 11.5. The van der Waals surface area contributed by atoms with E-state index in [2.05, 4.69) is 79.8 Å². The van der Waals surface area contributed by atoms with Gasteiger partial charge in [-0.3, -0.25) is 4.79 Å². The first-order valence-corrected chi connectivity index (χ1v) is 9.19. The van der Waals surface area contributed by atoms with E-state index in [9.17, 15) is 4.79 Å². The fourth-order valence-corrected chi connectivity index (χ4v) is 3.20. The Morgan fingerprint density at radius 2 is 1.84 bits per heavy atom. The van der Waals surface area contributed by atoms with Crippen molar-refractivity contribution in [2.45, 2.75) is 26.1 Å². The molecule has 2 aromatic carbocycles. The average Bonchev–Trinajstić information content (AvgIpc) is 2.99. The summed E-state index contributed by atoms with van der Waals surface area (Å²) in [6, 6.07) is 16.7. The lowest BCUT2D eigenvalue weighted by atomic mass is 10.1. The molecule has 4 nitrogen and oxygen atoms in total. The number of carbonyl (C=O) groups is 1. The van der Waals surface area contributed by atoms with Gasteiger partial charge in [0.15, 0.2) is 0 Å². The molecule has 0 radical (unpaired) electrons. The molecule has 0 saturated carbocycles. The van der Waals surface area contributed by atoms with Gasteiger partial charge in [-0.05, 0) is 29.3 Å². The van der Waals surface area contributed by atoms with Gasteiger partial charge in [0.05, 0.1) is 0 Å². The number of halogens is 1. The van der Waals surface area contributed by atoms with Gasteiger partial charge in [0.2, 0.25) is 5.91 Å². The summed E-state index contributed by atoms with van der Waals surface area (Å²) >= 11 is 3.46. The monoisotopic (exact) mass is 399 g/mol. The fourth-order valence-electron chi connectivity index (χ4n) is 2.94. The molecule has 3 rings (SSSR count). The fraction of sp³-hybridized carbons (Fsp3) is 0.250. The van der Waals surface area contributed by atoms with Gasteiger partial charge in [0.1, 0.15) is 0 Å². The summed E-state index contributed by atoms with van der Waals surface area (Å²) in [7, 11) is 1.67. The van der Waals surface area contributed by atoms with E-state index < -0.39 is 0 Å². The summed E-state index contributed by atoms with van der Waals surface area (Å²) in [6.45, 7) is 2.31.